The minimum Gasteiger partial charge on any atom is -0.367 e. The number of aliphatic imine (C=N–C) groups is 1. The molecule has 0 aromatic carbocycles. The van der Waals surface area contributed by atoms with Crippen LogP contribution in [0.5, 0.6) is 0 Å². The van der Waals surface area contributed by atoms with Crippen molar-refractivity contribution in [2.24, 2.45) is 4.99 Å². The lowest BCUT2D eigenvalue weighted by Gasteiger charge is -2.14. The van der Waals surface area contributed by atoms with E-state index in [1.54, 1.807) is 24.5 Å². The van der Waals surface area contributed by atoms with Gasteiger partial charge in [0.15, 0.2) is 0 Å². The van der Waals surface area contributed by atoms with Crippen molar-refractivity contribution in [3.05, 3.63) is 53.0 Å². The fraction of sp³-hybridized carbons (Fsp3) is 0.250. The van der Waals surface area contributed by atoms with Crippen molar-refractivity contribution in [3.63, 3.8) is 0 Å². The Morgan fingerprint density at radius 3 is 2.81 bits per heavy atom. The molecule has 2 aromatic rings. The standard InChI is InChI=1S/C16H15N5/c1-10(2)21-16-14-12(4-6-19-16)9-20-15(14)13-7-11(8-17)3-5-18-13/h3-7,10H,9H2,1-2H3,(H,19,21). The molecule has 0 saturated carbocycles. The first-order chi connectivity index (χ1) is 10.2. The molecule has 1 aliphatic rings. The third kappa shape index (κ3) is 2.48. The van der Waals surface area contributed by atoms with Gasteiger partial charge in [0.2, 0.25) is 0 Å². The van der Waals surface area contributed by atoms with Crippen molar-refractivity contribution in [2.75, 3.05) is 5.32 Å². The maximum absolute atomic E-state index is 9.03. The quantitative estimate of drug-likeness (QED) is 0.935. The van der Waals surface area contributed by atoms with Crippen LogP contribution in [0.3, 0.4) is 0 Å². The summed E-state index contributed by atoms with van der Waals surface area (Å²) in [7, 11) is 0. The fourth-order valence-corrected chi connectivity index (χ4v) is 2.36. The summed E-state index contributed by atoms with van der Waals surface area (Å²) in [6, 6.07) is 7.85. The Morgan fingerprint density at radius 2 is 2.05 bits per heavy atom. The number of nitrogens with zero attached hydrogens (tertiary/aromatic N) is 4. The molecule has 2 aromatic heterocycles. The third-order valence-corrected chi connectivity index (χ3v) is 3.24. The Labute approximate surface area is 123 Å². The van der Waals surface area contributed by atoms with E-state index < -0.39 is 0 Å². The molecule has 0 radical (unpaired) electrons. The Balaban J connectivity index is 2.08. The number of hydrogen-bond donors (Lipinski definition) is 1. The molecule has 1 N–H and O–H groups in total. The van der Waals surface area contributed by atoms with Gasteiger partial charge in [-0.15, -0.1) is 0 Å². The van der Waals surface area contributed by atoms with E-state index in [9.17, 15) is 0 Å². The Morgan fingerprint density at radius 1 is 1.24 bits per heavy atom. The van der Waals surface area contributed by atoms with Crippen LogP contribution in [0, 0.1) is 11.3 Å². The van der Waals surface area contributed by atoms with Crippen molar-refractivity contribution in [1.29, 1.82) is 5.26 Å². The summed E-state index contributed by atoms with van der Waals surface area (Å²) in [5.41, 5.74) is 4.23. The lowest BCUT2D eigenvalue weighted by molar-refractivity contribution is 0.887. The van der Waals surface area contributed by atoms with Crippen LogP contribution in [-0.4, -0.2) is 21.7 Å². The molecule has 3 rings (SSSR count). The van der Waals surface area contributed by atoms with Gasteiger partial charge < -0.3 is 5.32 Å². The molecule has 104 valence electrons. The smallest absolute Gasteiger partial charge is 0.136 e. The van der Waals surface area contributed by atoms with E-state index in [-0.39, 0.29) is 6.04 Å². The largest absolute Gasteiger partial charge is 0.367 e. The number of nitriles is 1. The summed E-state index contributed by atoms with van der Waals surface area (Å²) < 4.78 is 0. The van der Waals surface area contributed by atoms with Gasteiger partial charge in [0, 0.05) is 24.0 Å². The number of aromatic nitrogens is 2. The highest BCUT2D eigenvalue weighted by Crippen LogP contribution is 2.28. The van der Waals surface area contributed by atoms with E-state index in [1.165, 1.54) is 0 Å². The molecular formula is C16H15N5. The van der Waals surface area contributed by atoms with Crippen LogP contribution >= 0.6 is 0 Å². The molecule has 0 saturated heterocycles. The first-order valence-corrected chi connectivity index (χ1v) is 6.85. The molecule has 0 fully saturated rings. The molecule has 0 spiro atoms. The molecule has 0 bridgehead atoms. The average Bonchev–Trinajstić information content (AvgIpc) is 2.92. The molecule has 3 heterocycles. The Hall–Kier alpha value is -2.74. The monoisotopic (exact) mass is 277 g/mol. The predicted octanol–water partition coefficient (Wildman–Crippen LogP) is 2.52. The van der Waals surface area contributed by atoms with Crippen molar-refractivity contribution in [1.82, 2.24) is 9.97 Å². The minimum absolute atomic E-state index is 0.282. The molecule has 0 aliphatic carbocycles. The molecule has 1 aliphatic heterocycles. The second-order valence-electron chi connectivity index (χ2n) is 5.20. The molecule has 5 heteroatoms. The normalized spacial score (nSPS) is 12.8. The van der Waals surface area contributed by atoms with E-state index >= 15 is 0 Å². The minimum atomic E-state index is 0.282. The maximum Gasteiger partial charge on any atom is 0.136 e. The van der Waals surface area contributed by atoms with Gasteiger partial charge in [-0.05, 0) is 37.6 Å². The van der Waals surface area contributed by atoms with Gasteiger partial charge >= 0.3 is 0 Å². The maximum atomic E-state index is 9.03. The van der Waals surface area contributed by atoms with E-state index in [4.69, 9.17) is 5.26 Å². The van der Waals surface area contributed by atoms with Crippen molar-refractivity contribution in [2.45, 2.75) is 26.4 Å². The fourth-order valence-electron chi connectivity index (χ4n) is 2.36. The number of pyridine rings is 2. The zero-order chi connectivity index (χ0) is 14.8. The van der Waals surface area contributed by atoms with Crippen LogP contribution in [0.15, 0.2) is 35.6 Å². The molecule has 0 unspecified atom stereocenters. The molecule has 0 atom stereocenters. The topological polar surface area (TPSA) is 74.0 Å². The van der Waals surface area contributed by atoms with Crippen molar-refractivity contribution < 1.29 is 0 Å². The molecule has 21 heavy (non-hydrogen) atoms. The van der Waals surface area contributed by atoms with Crippen LogP contribution in [0.25, 0.3) is 0 Å². The van der Waals surface area contributed by atoms with Gasteiger partial charge in [0.1, 0.15) is 5.82 Å². The van der Waals surface area contributed by atoms with Crippen LogP contribution < -0.4 is 5.32 Å². The summed E-state index contributed by atoms with van der Waals surface area (Å²) in [4.78, 5) is 13.4. The van der Waals surface area contributed by atoms with Crippen LogP contribution in [-0.2, 0) is 6.54 Å². The number of nitrogens with one attached hydrogen (secondary N) is 1. The zero-order valence-electron chi connectivity index (χ0n) is 12.0. The third-order valence-electron chi connectivity index (χ3n) is 3.24. The van der Waals surface area contributed by atoms with Gasteiger partial charge in [0.25, 0.3) is 0 Å². The number of hydrogen-bond acceptors (Lipinski definition) is 5. The second-order valence-corrected chi connectivity index (χ2v) is 5.20. The van der Waals surface area contributed by atoms with Crippen LogP contribution in [0.2, 0.25) is 0 Å². The zero-order valence-corrected chi connectivity index (χ0v) is 12.0. The van der Waals surface area contributed by atoms with Crippen LogP contribution in [0.1, 0.15) is 36.2 Å². The molecule has 5 nitrogen and oxygen atoms in total. The summed E-state index contributed by atoms with van der Waals surface area (Å²) >= 11 is 0. The highest BCUT2D eigenvalue weighted by atomic mass is 15.0. The van der Waals surface area contributed by atoms with Gasteiger partial charge in [-0.2, -0.15) is 5.26 Å². The van der Waals surface area contributed by atoms with Crippen molar-refractivity contribution >= 4 is 11.5 Å². The van der Waals surface area contributed by atoms with E-state index in [1.807, 2.05) is 6.07 Å². The SMILES string of the molecule is CC(C)Nc1nccc2c1C(c1cc(C#N)ccn1)=NC2. The number of rotatable bonds is 3. The first-order valence-electron chi connectivity index (χ1n) is 6.85. The Kier molecular flexibility index (Phi) is 3.36. The summed E-state index contributed by atoms with van der Waals surface area (Å²) in [5, 5.41) is 12.4. The van der Waals surface area contributed by atoms with E-state index in [0.717, 1.165) is 22.7 Å². The second kappa shape index (κ2) is 5.33. The highest BCUT2D eigenvalue weighted by molar-refractivity contribution is 6.16. The number of anilines is 1. The van der Waals surface area contributed by atoms with Crippen molar-refractivity contribution in [3.8, 4) is 6.07 Å². The summed E-state index contributed by atoms with van der Waals surface area (Å²) in [6.45, 7) is 4.77. The first kappa shape index (κ1) is 13.3. The predicted molar refractivity (Wildman–Crippen MR) is 81.3 cm³/mol. The van der Waals surface area contributed by atoms with Gasteiger partial charge in [-0.3, -0.25) is 9.98 Å². The Bertz CT molecular complexity index is 756. The lowest BCUT2D eigenvalue weighted by Crippen LogP contribution is -2.16. The van der Waals surface area contributed by atoms with Gasteiger partial charge in [-0.1, -0.05) is 0 Å². The summed E-state index contributed by atoms with van der Waals surface area (Å²) in [6.07, 6.45) is 3.43. The lowest BCUT2D eigenvalue weighted by atomic mass is 10.0. The summed E-state index contributed by atoms with van der Waals surface area (Å²) in [5.74, 6) is 0.822. The molecule has 0 amide bonds. The highest BCUT2D eigenvalue weighted by Gasteiger charge is 2.23. The van der Waals surface area contributed by atoms with Gasteiger partial charge in [0.05, 0.1) is 29.6 Å². The van der Waals surface area contributed by atoms with Gasteiger partial charge in [-0.25, -0.2) is 4.98 Å². The molecular weight excluding hydrogens is 262 g/mol. The van der Waals surface area contributed by atoms with E-state index in [0.29, 0.717) is 17.8 Å². The number of fused-ring (bicyclic) bond motifs is 1. The van der Waals surface area contributed by atoms with E-state index in [2.05, 4.69) is 40.2 Å². The van der Waals surface area contributed by atoms with Crippen LogP contribution in [0.4, 0.5) is 5.82 Å². The average molecular weight is 277 g/mol.